The smallest absolute Gasteiger partial charge is 0.289 e. The van der Waals surface area contributed by atoms with Crippen molar-refractivity contribution < 1.29 is 9.53 Å². The Morgan fingerprint density at radius 1 is 1.15 bits per heavy atom. The molecule has 2 aromatic carbocycles. The van der Waals surface area contributed by atoms with Crippen LogP contribution in [-0.2, 0) is 6.42 Å². The fraction of sp³-hybridized carbons (Fsp3) is 0.190. The molecule has 0 bridgehead atoms. The van der Waals surface area contributed by atoms with Gasteiger partial charge in [-0.15, -0.1) is 0 Å². The van der Waals surface area contributed by atoms with Crippen LogP contribution in [0.15, 0.2) is 59.7 Å². The fourth-order valence-corrected chi connectivity index (χ4v) is 2.54. The predicted molar refractivity (Wildman–Crippen MR) is 106 cm³/mol. The summed E-state index contributed by atoms with van der Waals surface area (Å²) in [5, 5.41) is 10.9. The number of amides is 1. The molecule has 0 saturated heterocycles. The molecule has 3 rings (SSSR count). The van der Waals surface area contributed by atoms with E-state index in [1.165, 1.54) is 5.56 Å². The first-order valence-corrected chi connectivity index (χ1v) is 8.90. The van der Waals surface area contributed by atoms with Crippen molar-refractivity contribution in [2.24, 2.45) is 5.10 Å². The molecule has 0 aliphatic heterocycles. The van der Waals surface area contributed by atoms with Gasteiger partial charge >= 0.3 is 0 Å². The molecule has 0 aliphatic carbocycles. The van der Waals surface area contributed by atoms with Gasteiger partial charge in [-0.25, -0.2) is 5.43 Å². The third-order valence-corrected chi connectivity index (χ3v) is 4.05. The minimum absolute atomic E-state index is 0.345. The monoisotopic (exact) mass is 362 g/mol. The molecule has 0 unspecified atom stereocenters. The van der Waals surface area contributed by atoms with E-state index >= 15 is 0 Å². The number of benzene rings is 2. The number of aromatic amines is 1. The highest BCUT2D eigenvalue weighted by Gasteiger charge is 2.10. The number of hydrogen-bond acceptors (Lipinski definition) is 4. The summed E-state index contributed by atoms with van der Waals surface area (Å²) in [6.45, 7) is 4.67. The van der Waals surface area contributed by atoms with Crippen LogP contribution in [0.4, 0.5) is 0 Å². The zero-order valence-corrected chi connectivity index (χ0v) is 15.4. The molecule has 0 spiro atoms. The SMILES string of the molecule is CCOc1ccc(-c2cc(C(=O)N/N=C/c3ccc(CC)cc3)[nH]n2)cc1. The van der Waals surface area contributed by atoms with Crippen molar-refractivity contribution in [3.8, 4) is 17.0 Å². The van der Waals surface area contributed by atoms with Crippen LogP contribution in [0.2, 0.25) is 0 Å². The number of carbonyl (C=O) groups is 1. The van der Waals surface area contributed by atoms with E-state index in [9.17, 15) is 4.79 Å². The maximum atomic E-state index is 12.2. The van der Waals surface area contributed by atoms with E-state index in [4.69, 9.17) is 4.74 Å². The number of aromatic nitrogens is 2. The minimum Gasteiger partial charge on any atom is -0.494 e. The Morgan fingerprint density at radius 3 is 2.56 bits per heavy atom. The zero-order chi connectivity index (χ0) is 19.1. The van der Waals surface area contributed by atoms with Crippen molar-refractivity contribution >= 4 is 12.1 Å². The summed E-state index contributed by atoms with van der Waals surface area (Å²) in [5.41, 5.74) is 6.61. The Balaban J connectivity index is 1.61. The zero-order valence-electron chi connectivity index (χ0n) is 15.4. The lowest BCUT2D eigenvalue weighted by atomic mass is 10.1. The normalized spacial score (nSPS) is 10.9. The molecule has 0 atom stereocenters. The Labute approximate surface area is 158 Å². The highest BCUT2D eigenvalue weighted by atomic mass is 16.5. The largest absolute Gasteiger partial charge is 0.494 e. The summed E-state index contributed by atoms with van der Waals surface area (Å²) in [7, 11) is 0. The maximum Gasteiger partial charge on any atom is 0.289 e. The van der Waals surface area contributed by atoms with Gasteiger partial charge in [0.15, 0.2) is 0 Å². The molecule has 0 aliphatic rings. The molecule has 1 aromatic heterocycles. The first-order chi connectivity index (χ1) is 13.2. The Kier molecular flexibility index (Phi) is 5.99. The second-order valence-corrected chi connectivity index (χ2v) is 5.92. The molecule has 27 heavy (non-hydrogen) atoms. The van der Waals surface area contributed by atoms with Crippen molar-refractivity contribution in [1.82, 2.24) is 15.6 Å². The second-order valence-electron chi connectivity index (χ2n) is 5.92. The average Bonchev–Trinajstić information content (AvgIpc) is 3.20. The molecule has 2 N–H and O–H groups in total. The van der Waals surface area contributed by atoms with Crippen LogP contribution in [0.3, 0.4) is 0 Å². The number of H-pyrrole nitrogens is 1. The van der Waals surface area contributed by atoms with E-state index in [2.05, 4.69) is 27.6 Å². The molecule has 1 heterocycles. The summed E-state index contributed by atoms with van der Waals surface area (Å²) < 4.78 is 5.43. The quantitative estimate of drug-likeness (QED) is 0.495. The van der Waals surface area contributed by atoms with E-state index in [0.717, 1.165) is 23.3 Å². The van der Waals surface area contributed by atoms with Crippen LogP contribution in [0.1, 0.15) is 35.5 Å². The van der Waals surface area contributed by atoms with Gasteiger partial charge in [0.2, 0.25) is 0 Å². The molecule has 1 amide bonds. The number of hydrazone groups is 1. The molecule has 0 fully saturated rings. The van der Waals surface area contributed by atoms with Crippen molar-refractivity contribution in [2.45, 2.75) is 20.3 Å². The summed E-state index contributed by atoms with van der Waals surface area (Å²) in [6, 6.07) is 17.3. The Morgan fingerprint density at radius 2 is 1.89 bits per heavy atom. The van der Waals surface area contributed by atoms with Crippen LogP contribution in [0, 0.1) is 0 Å². The van der Waals surface area contributed by atoms with E-state index < -0.39 is 0 Å². The molecule has 0 saturated carbocycles. The van der Waals surface area contributed by atoms with Crippen LogP contribution < -0.4 is 10.2 Å². The van der Waals surface area contributed by atoms with Crippen molar-refractivity contribution in [1.29, 1.82) is 0 Å². The second kappa shape index (κ2) is 8.80. The summed E-state index contributed by atoms with van der Waals surface area (Å²) in [6.07, 6.45) is 2.60. The number of nitrogens with one attached hydrogen (secondary N) is 2. The van der Waals surface area contributed by atoms with Gasteiger partial charge in [0.05, 0.1) is 18.5 Å². The van der Waals surface area contributed by atoms with Gasteiger partial charge in [0.1, 0.15) is 11.4 Å². The first-order valence-electron chi connectivity index (χ1n) is 8.90. The van der Waals surface area contributed by atoms with E-state index in [1.807, 2.05) is 55.5 Å². The van der Waals surface area contributed by atoms with Gasteiger partial charge in [-0.2, -0.15) is 10.2 Å². The highest BCUT2D eigenvalue weighted by Crippen LogP contribution is 2.21. The minimum atomic E-state index is -0.346. The Hall–Kier alpha value is -3.41. The summed E-state index contributed by atoms with van der Waals surface area (Å²) >= 11 is 0. The first kappa shape index (κ1) is 18.4. The molecule has 6 heteroatoms. The number of hydrogen-bond donors (Lipinski definition) is 2. The number of carbonyl (C=O) groups excluding carboxylic acids is 1. The van der Waals surface area contributed by atoms with Crippen LogP contribution in [0.25, 0.3) is 11.3 Å². The molecule has 6 nitrogen and oxygen atoms in total. The molecule has 138 valence electrons. The van der Waals surface area contributed by atoms with E-state index in [0.29, 0.717) is 18.0 Å². The molecular weight excluding hydrogens is 340 g/mol. The summed E-state index contributed by atoms with van der Waals surface area (Å²) in [5.74, 6) is 0.456. The number of ether oxygens (including phenoxy) is 1. The van der Waals surface area contributed by atoms with Crippen molar-refractivity contribution in [3.63, 3.8) is 0 Å². The average molecular weight is 362 g/mol. The number of aryl methyl sites for hydroxylation is 1. The number of nitrogens with zero attached hydrogens (tertiary/aromatic N) is 2. The van der Waals surface area contributed by atoms with E-state index in [1.54, 1.807) is 12.3 Å². The van der Waals surface area contributed by atoms with Crippen LogP contribution in [0.5, 0.6) is 5.75 Å². The fourth-order valence-electron chi connectivity index (χ4n) is 2.54. The van der Waals surface area contributed by atoms with Gasteiger partial charge in [0.25, 0.3) is 5.91 Å². The lowest BCUT2D eigenvalue weighted by Crippen LogP contribution is -2.17. The topological polar surface area (TPSA) is 79.4 Å². The summed E-state index contributed by atoms with van der Waals surface area (Å²) in [4.78, 5) is 12.2. The number of rotatable bonds is 7. The standard InChI is InChI=1S/C21H22N4O2/c1-3-15-5-7-16(8-6-15)14-22-25-21(26)20-13-19(23-24-20)17-9-11-18(12-10-17)27-4-2/h5-14H,3-4H2,1-2H3,(H,23,24)(H,25,26)/b22-14+. The molecule has 3 aromatic rings. The van der Waals surface area contributed by atoms with Gasteiger partial charge in [-0.3, -0.25) is 9.89 Å². The van der Waals surface area contributed by atoms with Gasteiger partial charge in [-0.05, 0) is 54.8 Å². The third kappa shape index (κ3) is 4.82. The lowest BCUT2D eigenvalue weighted by molar-refractivity contribution is 0.0950. The van der Waals surface area contributed by atoms with Gasteiger partial charge < -0.3 is 4.74 Å². The van der Waals surface area contributed by atoms with Gasteiger partial charge in [-0.1, -0.05) is 31.2 Å². The molecular formula is C21H22N4O2. The highest BCUT2D eigenvalue weighted by molar-refractivity contribution is 5.94. The van der Waals surface area contributed by atoms with Gasteiger partial charge in [0, 0.05) is 5.56 Å². The van der Waals surface area contributed by atoms with Crippen LogP contribution >= 0.6 is 0 Å². The van der Waals surface area contributed by atoms with E-state index in [-0.39, 0.29) is 5.91 Å². The maximum absolute atomic E-state index is 12.2. The van der Waals surface area contributed by atoms with Crippen molar-refractivity contribution in [2.75, 3.05) is 6.61 Å². The lowest BCUT2D eigenvalue weighted by Gasteiger charge is -2.02. The Bertz CT molecular complexity index is 912. The predicted octanol–water partition coefficient (Wildman–Crippen LogP) is 3.80. The molecule has 0 radical (unpaired) electrons. The van der Waals surface area contributed by atoms with Crippen molar-refractivity contribution in [3.05, 3.63) is 71.4 Å². The third-order valence-electron chi connectivity index (χ3n) is 4.05. The van der Waals surface area contributed by atoms with Crippen LogP contribution in [-0.4, -0.2) is 28.9 Å².